The monoisotopic (exact) mass is 389 g/mol. The lowest BCUT2D eigenvalue weighted by Gasteiger charge is -2.09. The van der Waals surface area contributed by atoms with E-state index in [4.69, 9.17) is 11.6 Å². The van der Waals surface area contributed by atoms with Crippen LogP contribution in [0.5, 0.6) is 0 Å². The molecule has 0 unspecified atom stereocenters. The zero-order valence-electron chi connectivity index (χ0n) is 13.9. The van der Waals surface area contributed by atoms with E-state index in [2.05, 4.69) is 15.0 Å². The second kappa shape index (κ2) is 7.31. The number of sulfonamides is 1. The van der Waals surface area contributed by atoms with Crippen LogP contribution in [-0.2, 0) is 16.6 Å². The van der Waals surface area contributed by atoms with Crippen molar-refractivity contribution in [1.29, 1.82) is 0 Å². The Balaban J connectivity index is 1.73. The van der Waals surface area contributed by atoms with Gasteiger partial charge in [0, 0.05) is 17.6 Å². The number of carbonyl (C=O) groups excluding carboxylic acids is 1. The smallest absolute Gasteiger partial charge is 0.252 e. The second-order valence-corrected chi connectivity index (χ2v) is 7.90. The van der Waals surface area contributed by atoms with Gasteiger partial charge in [-0.1, -0.05) is 41.9 Å². The quantitative estimate of drug-likeness (QED) is 0.656. The molecule has 0 atom stereocenters. The van der Waals surface area contributed by atoms with Gasteiger partial charge in [-0.2, -0.15) is 0 Å². The van der Waals surface area contributed by atoms with Crippen LogP contribution in [0, 0.1) is 0 Å². The molecule has 0 spiro atoms. The number of carbonyl (C=O) groups is 1. The van der Waals surface area contributed by atoms with Gasteiger partial charge in [-0.3, -0.25) is 9.52 Å². The number of fused-ring (bicyclic) bond motifs is 1. The number of hydrogen-bond donors (Lipinski definition) is 2. The number of halogens is 1. The van der Waals surface area contributed by atoms with Crippen molar-refractivity contribution in [2.24, 2.45) is 0 Å². The third-order valence-corrected chi connectivity index (χ3v) is 4.44. The lowest BCUT2D eigenvalue weighted by atomic mass is 10.1. The Morgan fingerprint density at radius 3 is 2.50 bits per heavy atom. The average Bonchev–Trinajstić information content (AvgIpc) is 2.58. The Morgan fingerprint density at radius 1 is 1.12 bits per heavy atom. The molecule has 0 aliphatic carbocycles. The molecule has 1 amide bonds. The maximum atomic E-state index is 12.5. The van der Waals surface area contributed by atoms with Crippen LogP contribution in [0.2, 0.25) is 5.15 Å². The molecular weight excluding hydrogens is 374 g/mol. The Morgan fingerprint density at radius 2 is 1.81 bits per heavy atom. The number of aromatic nitrogens is 1. The summed E-state index contributed by atoms with van der Waals surface area (Å²) in [6.45, 7) is 0.298. The normalized spacial score (nSPS) is 11.3. The number of amides is 1. The highest BCUT2D eigenvalue weighted by Gasteiger charge is 2.12. The lowest BCUT2D eigenvalue weighted by molar-refractivity contribution is 0.0952. The summed E-state index contributed by atoms with van der Waals surface area (Å²) in [5.41, 5.74) is 2.41. The standard InChI is InChI=1S/C18H16ClN3O3S/c1-26(24,25)22-13-8-6-12(7-9-13)11-20-18(23)15-10-17(19)21-16-5-3-2-4-14(15)16/h2-10,22H,11H2,1H3,(H,20,23). The first-order chi connectivity index (χ1) is 12.3. The van der Waals surface area contributed by atoms with Crippen LogP contribution in [0.4, 0.5) is 5.69 Å². The molecule has 0 radical (unpaired) electrons. The molecule has 0 bridgehead atoms. The molecule has 2 N–H and O–H groups in total. The molecule has 8 heteroatoms. The van der Waals surface area contributed by atoms with E-state index in [1.165, 1.54) is 0 Å². The van der Waals surface area contributed by atoms with Gasteiger partial charge in [0.2, 0.25) is 10.0 Å². The molecule has 0 saturated heterocycles. The number of anilines is 1. The van der Waals surface area contributed by atoms with Gasteiger partial charge in [-0.15, -0.1) is 0 Å². The number of pyridine rings is 1. The number of rotatable bonds is 5. The lowest BCUT2D eigenvalue weighted by Crippen LogP contribution is -2.23. The molecule has 1 heterocycles. The number of hydrogen-bond acceptors (Lipinski definition) is 4. The summed E-state index contributed by atoms with van der Waals surface area (Å²) in [5.74, 6) is -0.260. The highest BCUT2D eigenvalue weighted by molar-refractivity contribution is 7.92. The van der Waals surface area contributed by atoms with E-state index < -0.39 is 10.0 Å². The van der Waals surface area contributed by atoms with E-state index in [-0.39, 0.29) is 11.1 Å². The molecule has 0 aliphatic rings. The molecule has 0 saturated carbocycles. The maximum Gasteiger partial charge on any atom is 0.252 e. The van der Waals surface area contributed by atoms with Crippen molar-refractivity contribution in [2.75, 3.05) is 11.0 Å². The van der Waals surface area contributed by atoms with Crippen LogP contribution < -0.4 is 10.0 Å². The molecular formula is C18H16ClN3O3S. The van der Waals surface area contributed by atoms with Gasteiger partial charge in [-0.05, 0) is 29.8 Å². The van der Waals surface area contributed by atoms with Crippen molar-refractivity contribution in [3.05, 3.63) is 70.9 Å². The van der Waals surface area contributed by atoms with Crippen LogP contribution in [-0.4, -0.2) is 25.6 Å². The van der Waals surface area contributed by atoms with E-state index in [1.807, 2.05) is 18.2 Å². The summed E-state index contributed by atoms with van der Waals surface area (Å²) in [5, 5.41) is 3.82. The van der Waals surface area contributed by atoms with Crippen molar-refractivity contribution in [3.8, 4) is 0 Å². The summed E-state index contributed by atoms with van der Waals surface area (Å²) in [7, 11) is -3.31. The van der Waals surface area contributed by atoms with Gasteiger partial charge in [0.25, 0.3) is 5.91 Å². The van der Waals surface area contributed by atoms with Crippen LogP contribution in [0.15, 0.2) is 54.6 Å². The minimum Gasteiger partial charge on any atom is -0.348 e. The van der Waals surface area contributed by atoms with Crippen LogP contribution in [0.25, 0.3) is 10.9 Å². The summed E-state index contributed by atoms with van der Waals surface area (Å²) in [6, 6.07) is 15.6. The highest BCUT2D eigenvalue weighted by atomic mass is 35.5. The van der Waals surface area contributed by atoms with E-state index in [1.54, 1.807) is 36.4 Å². The van der Waals surface area contributed by atoms with Gasteiger partial charge in [0.05, 0.1) is 17.3 Å². The summed E-state index contributed by atoms with van der Waals surface area (Å²) < 4.78 is 24.8. The van der Waals surface area contributed by atoms with Crippen LogP contribution in [0.3, 0.4) is 0 Å². The molecule has 0 fully saturated rings. The predicted molar refractivity (Wildman–Crippen MR) is 103 cm³/mol. The SMILES string of the molecule is CS(=O)(=O)Nc1ccc(CNC(=O)c2cc(Cl)nc3ccccc23)cc1. The first kappa shape index (κ1) is 18.2. The molecule has 3 aromatic rings. The number of nitrogens with one attached hydrogen (secondary N) is 2. The summed E-state index contributed by atoms with van der Waals surface area (Å²) in [6.07, 6.45) is 1.09. The third-order valence-electron chi connectivity index (χ3n) is 3.64. The Labute approximate surface area is 156 Å². The van der Waals surface area contributed by atoms with Crippen LogP contribution in [0.1, 0.15) is 15.9 Å². The fourth-order valence-electron chi connectivity index (χ4n) is 2.51. The minimum atomic E-state index is -3.31. The van der Waals surface area contributed by atoms with E-state index in [0.29, 0.717) is 23.3 Å². The predicted octanol–water partition coefficient (Wildman–Crippen LogP) is 3.19. The van der Waals surface area contributed by atoms with Gasteiger partial charge < -0.3 is 5.32 Å². The van der Waals surface area contributed by atoms with Crippen molar-refractivity contribution in [2.45, 2.75) is 6.54 Å². The minimum absolute atomic E-state index is 0.255. The fourth-order valence-corrected chi connectivity index (χ4v) is 3.28. The van der Waals surface area contributed by atoms with Gasteiger partial charge in [-0.25, -0.2) is 13.4 Å². The van der Waals surface area contributed by atoms with E-state index in [0.717, 1.165) is 17.2 Å². The average molecular weight is 390 g/mol. The maximum absolute atomic E-state index is 12.5. The van der Waals surface area contributed by atoms with Gasteiger partial charge >= 0.3 is 0 Å². The fraction of sp³-hybridized carbons (Fsp3) is 0.111. The zero-order valence-corrected chi connectivity index (χ0v) is 15.4. The van der Waals surface area contributed by atoms with Crippen molar-refractivity contribution >= 4 is 44.1 Å². The topological polar surface area (TPSA) is 88.2 Å². The largest absolute Gasteiger partial charge is 0.348 e. The van der Waals surface area contributed by atoms with Crippen molar-refractivity contribution in [3.63, 3.8) is 0 Å². The van der Waals surface area contributed by atoms with E-state index in [9.17, 15) is 13.2 Å². The number of para-hydroxylation sites is 1. The molecule has 3 rings (SSSR count). The molecule has 6 nitrogen and oxygen atoms in total. The number of nitrogens with zero attached hydrogens (tertiary/aromatic N) is 1. The Bertz CT molecular complexity index is 1070. The molecule has 2 aromatic carbocycles. The van der Waals surface area contributed by atoms with E-state index >= 15 is 0 Å². The van der Waals surface area contributed by atoms with Gasteiger partial charge in [0.15, 0.2) is 0 Å². The molecule has 0 aliphatic heterocycles. The second-order valence-electron chi connectivity index (χ2n) is 5.76. The Hall–Kier alpha value is -2.64. The molecule has 1 aromatic heterocycles. The third kappa shape index (κ3) is 4.50. The number of benzene rings is 2. The first-order valence-corrected chi connectivity index (χ1v) is 9.99. The summed E-state index contributed by atoms with van der Waals surface area (Å²) in [4.78, 5) is 16.8. The molecule has 134 valence electrons. The van der Waals surface area contributed by atoms with Crippen molar-refractivity contribution < 1.29 is 13.2 Å². The summed E-state index contributed by atoms with van der Waals surface area (Å²) >= 11 is 6.01. The van der Waals surface area contributed by atoms with Crippen LogP contribution >= 0.6 is 11.6 Å². The highest BCUT2D eigenvalue weighted by Crippen LogP contribution is 2.21. The first-order valence-electron chi connectivity index (χ1n) is 7.72. The zero-order chi connectivity index (χ0) is 18.7. The Kier molecular flexibility index (Phi) is 5.11. The van der Waals surface area contributed by atoms with Crippen molar-refractivity contribution in [1.82, 2.24) is 10.3 Å². The van der Waals surface area contributed by atoms with Gasteiger partial charge in [0.1, 0.15) is 5.15 Å². The molecule has 26 heavy (non-hydrogen) atoms.